The number of rotatable bonds is 5. The van der Waals surface area contributed by atoms with Gasteiger partial charge in [0, 0.05) is 6.42 Å². The lowest BCUT2D eigenvalue weighted by molar-refractivity contribution is 0.0657. The molecule has 0 saturated heterocycles. The second kappa shape index (κ2) is 6.23. The molecule has 0 amide bonds. The number of hydrogen-bond acceptors (Lipinski definition) is 1. The molecular formula is C13H15O. The van der Waals surface area contributed by atoms with Crippen molar-refractivity contribution >= 4 is 0 Å². The first kappa shape index (κ1) is 10.8. The Morgan fingerprint density at radius 3 is 2.71 bits per heavy atom. The smallest absolute Gasteiger partial charge is 0.0720 e. The zero-order chi connectivity index (χ0) is 10.2. The van der Waals surface area contributed by atoms with Crippen LogP contribution >= 0.6 is 0 Å². The third-order valence-corrected chi connectivity index (χ3v) is 1.94. The first-order chi connectivity index (χ1) is 6.83. The summed E-state index contributed by atoms with van der Waals surface area (Å²) in [6, 6.07) is 10.1. The van der Waals surface area contributed by atoms with Gasteiger partial charge in [0.25, 0.3) is 0 Å². The van der Waals surface area contributed by atoms with Gasteiger partial charge < -0.3 is 4.74 Å². The molecule has 1 rings (SSSR count). The monoisotopic (exact) mass is 187 g/mol. The SMILES string of the molecule is C#CCCC([CH2])OCc1ccccc1. The van der Waals surface area contributed by atoms with Crippen molar-refractivity contribution in [2.75, 3.05) is 0 Å². The standard InChI is InChI=1S/C13H15O/c1-3-4-8-12(2)14-11-13-9-6-5-7-10-13/h1,5-7,9-10,12H,2,4,8,11H2. The molecule has 1 radical (unpaired) electrons. The van der Waals surface area contributed by atoms with Gasteiger partial charge in [-0.2, -0.15) is 0 Å². The molecule has 0 aliphatic carbocycles. The van der Waals surface area contributed by atoms with Crippen molar-refractivity contribution in [1.82, 2.24) is 0 Å². The van der Waals surface area contributed by atoms with Crippen LogP contribution in [0.3, 0.4) is 0 Å². The highest BCUT2D eigenvalue weighted by atomic mass is 16.5. The zero-order valence-corrected chi connectivity index (χ0v) is 8.28. The normalized spacial score (nSPS) is 12.0. The van der Waals surface area contributed by atoms with E-state index in [1.54, 1.807) is 0 Å². The van der Waals surface area contributed by atoms with Gasteiger partial charge in [0.2, 0.25) is 0 Å². The largest absolute Gasteiger partial charge is 0.374 e. The van der Waals surface area contributed by atoms with E-state index >= 15 is 0 Å². The summed E-state index contributed by atoms with van der Waals surface area (Å²) < 4.78 is 5.52. The fourth-order valence-corrected chi connectivity index (χ4v) is 1.12. The fourth-order valence-electron chi connectivity index (χ4n) is 1.12. The van der Waals surface area contributed by atoms with Gasteiger partial charge in [-0.15, -0.1) is 12.3 Å². The molecule has 1 nitrogen and oxygen atoms in total. The molecule has 1 aromatic carbocycles. The molecule has 0 spiro atoms. The van der Waals surface area contributed by atoms with Crippen LogP contribution in [0.25, 0.3) is 0 Å². The average Bonchev–Trinajstić information content (AvgIpc) is 2.25. The summed E-state index contributed by atoms with van der Waals surface area (Å²) in [6.07, 6.45) is 6.69. The predicted octanol–water partition coefficient (Wildman–Crippen LogP) is 2.82. The van der Waals surface area contributed by atoms with Gasteiger partial charge in [-0.3, -0.25) is 0 Å². The highest BCUT2D eigenvalue weighted by Crippen LogP contribution is 2.06. The molecule has 0 aromatic heterocycles. The lowest BCUT2D eigenvalue weighted by atomic mass is 10.2. The van der Waals surface area contributed by atoms with Crippen molar-refractivity contribution in [1.29, 1.82) is 0 Å². The maximum Gasteiger partial charge on any atom is 0.0720 e. The van der Waals surface area contributed by atoms with E-state index in [4.69, 9.17) is 11.2 Å². The van der Waals surface area contributed by atoms with Crippen molar-refractivity contribution < 1.29 is 4.74 Å². The van der Waals surface area contributed by atoms with E-state index in [0.29, 0.717) is 6.61 Å². The Balaban J connectivity index is 2.24. The van der Waals surface area contributed by atoms with Crippen LogP contribution in [0.5, 0.6) is 0 Å². The van der Waals surface area contributed by atoms with E-state index in [2.05, 4.69) is 12.8 Å². The zero-order valence-electron chi connectivity index (χ0n) is 8.28. The van der Waals surface area contributed by atoms with Gasteiger partial charge in [0.15, 0.2) is 0 Å². The van der Waals surface area contributed by atoms with Crippen molar-refractivity contribution in [3.8, 4) is 12.3 Å². The molecule has 0 heterocycles. The minimum Gasteiger partial charge on any atom is -0.374 e. The van der Waals surface area contributed by atoms with E-state index in [1.807, 2.05) is 30.3 Å². The van der Waals surface area contributed by atoms with Crippen LogP contribution in [0.1, 0.15) is 18.4 Å². The molecule has 0 aliphatic heterocycles. The molecular weight excluding hydrogens is 172 g/mol. The van der Waals surface area contributed by atoms with Gasteiger partial charge in [0.05, 0.1) is 12.7 Å². The van der Waals surface area contributed by atoms with E-state index in [1.165, 1.54) is 5.56 Å². The Bertz CT molecular complexity index is 284. The molecule has 0 fully saturated rings. The van der Waals surface area contributed by atoms with E-state index in [9.17, 15) is 0 Å². The van der Waals surface area contributed by atoms with Crippen molar-refractivity contribution in [3.05, 3.63) is 42.8 Å². The average molecular weight is 187 g/mol. The van der Waals surface area contributed by atoms with Crippen molar-refractivity contribution in [2.45, 2.75) is 25.6 Å². The Morgan fingerprint density at radius 2 is 2.07 bits per heavy atom. The summed E-state index contributed by atoms with van der Waals surface area (Å²) >= 11 is 0. The summed E-state index contributed by atoms with van der Waals surface area (Å²) in [5.74, 6) is 2.58. The van der Waals surface area contributed by atoms with Crippen molar-refractivity contribution in [2.24, 2.45) is 0 Å². The minimum atomic E-state index is -0.00810. The number of benzene rings is 1. The third kappa shape index (κ3) is 4.11. The van der Waals surface area contributed by atoms with Gasteiger partial charge in [0.1, 0.15) is 0 Å². The molecule has 14 heavy (non-hydrogen) atoms. The summed E-state index contributed by atoms with van der Waals surface area (Å²) in [7, 11) is 0. The van der Waals surface area contributed by atoms with Crippen LogP contribution in [0.15, 0.2) is 30.3 Å². The molecule has 1 atom stereocenters. The van der Waals surface area contributed by atoms with Crippen LogP contribution in [0, 0.1) is 19.3 Å². The van der Waals surface area contributed by atoms with Crippen LogP contribution in [-0.2, 0) is 11.3 Å². The first-order valence-corrected chi connectivity index (χ1v) is 4.75. The number of ether oxygens (including phenoxy) is 1. The quantitative estimate of drug-likeness (QED) is 0.644. The molecule has 0 bridgehead atoms. The van der Waals surface area contributed by atoms with Gasteiger partial charge in [-0.25, -0.2) is 0 Å². The molecule has 0 N–H and O–H groups in total. The second-order valence-electron chi connectivity index (χ2n) is 3.16. The summed E-state index contributed by atoms with van der Waals surface area (Å²) in [5.41, 5.74) is 1.17. The van der Waals surface area contributed by atoms with Crippen molar-refractivity contribution in [3.63, 3.8) is 0 Å². The predicted molar refractivity (Wildman–Crippen MR) is 58.4 cm³/mol. The topological polar surface area (TPSA) is 9.23 Å². The molecule has 0 saturated carbocycles. The van der Waals surface area contributed by atoms with E-state index in [-0.39, 0.29) is 6.10 Å². The minimum absolute atomic E-state index is 0.00810. The highest BCUT2D eigenvalue weighted by Gasteiger charge is 2.00. The Labute approximate surface area is 86.1 Å². The Kier molecular flexibility index (Phi) is 4.82. The van der Waals surface area contributed by atoms with Gasteiger partial charge >= 0.3 is 0 Å². The third-order valence-electron chi connectivity index (χ3n) is 1.94. The Morgan fingerprint density at radius 1 is 1.36 bits per heavy atom. The van der Waals surface area contributed by atoms with Crippen LogP contribution in [0.4, 0.5) is 0 Å². The second-order valence-corrected chi connectivity index (χ2v) is 3.16. The summed E-state index contributed by atoms with van der Waals surface area (Å²) in [4.78, 5) is 0. The molecule has 1 aromatic rings. The first-order valence-electron chi connectivity index (χ1n) is 4.75. The van der Waals surface area contributed by atoms with Gasteiger partial charge in [-0.1, -0.05) is 30.3 Å². The van der Waals surface area contributed by atoms with Crippen LogP contribution < -0.4 is 0 Å². The van der Waals surface area contributed by atoms with E-state index in [0.717, 1.165) is 12.8 Å². The number of hydrogen-bond donors (Lipinski definition) is 0. The number of terminal acetylenes is 1. The van der Waals surface area contributed by atoms with Gasteiger partial charge in [-0.05, 0) is 18.9 Å². The van der Waals surface area contributed by atoms with Crippen LogP contribution in [-0.4, -0.2) is 6.10 Å². The fraction of sp³-hybridized carbons (Fsp3) is 0.308. The highest BCUT2D eigenvalue weighted by molar-refractivity contribution is 5.13. The maximum atomic E-state index is 5.52. The summed E-state index contributed by atoms with van der Waals surface area (Å²) in [6.45, 7) is 4.48. The molecule has 0 aliphatic rings. The van der Waals surface area contributed by atoms with E-state index < -0.39 is 0 Å². The molecule has 1 unspecified atom stereocenters. The Hall–Kier alpha value is -1.26. The van der Waals surface area contributed by atoms with Crippen LogP contribution in [0.2, 0.25) is 0 Å². The lowest BCUT2D eigenvalue weighted by Gasteiger charge is -2.11. The maximum absolute atomic E-state index is 5.52. The summed E-state index contributed by atoms with van der Waals surface area (Å²) in [5, 5.41) is 0. The molecule has 73 valence electrons. The molecule has 1 heteroatoms. The lowest BCUT2D eigenvalue weighted by Crippen LogP contribution is -2.07.